The molecule has 0 saturated heterocycles. The van der Waals surface area contributed by atoms with Crippen molar-refractivity contribution in [3.05, 3.63) is 55.9 Å². The van der Waals surface area contributed by atoms with Crippen LogP contribution < -0.4 is 10.1 Å². The van der Waals surface area contributed by atoms with Gasteiger partial charge in [0.2, 0.25) is 0 Å². The van der Waals surface area contributed by atoms with E-state index in [0.717, 1.165) is 25.9 Å². The predicted octanol–water partition coefficient (Wildman–Crippen LogP) is 5.02. The minimum atomic E-state index is -0.222. The maximum absolute atomic E-state index is 9.64. The summed E-state index contributed by atoms with van der Waals surface area (Å²) in [5, 5.41) is 13.6. The molecule has 21 heavy (non-hydrogen) atoms. The molecule has 2 aromatic carbocycles. The molecule has 6 heteroatoms. The van der Waals surface area contributed by atoms with Gasteiger partial charge in [-0.15, -0.1) is 0 Å². The van der Waals surface area contributed by atoms with Gasteiger partial charge in [-0.25, -0.2) is 0 Å². The summed E-state index contributed by atoms with van der Waals surface area (Å²) in [7, 11) is 1.62. The molecule has 0 spiro atoms. The summed E-state index contributed by atoms with van der Waals surface area (Å²) in [5.41, 5.74) is 1.83. The van der Waals surface area contributed by atoms with Crippen LogP contribution in [0, 0.1) is 0 Å². The maximum atomic E-state index is 9.64. The van der Waals surface area contributed by atoms with E-state index in [9.17, 15) is 5.11 Å². The zero-order valence-electron chi connectivity index (χ0n) is 11.2. The van der Waals surface area contributed by atoms with Crippen molar-refractivity contribution in [2.45, 2.75) is 6.04 Å². The summed E-state index contributed by atoms with van der Waals surface area (Å²) in [4.78, 5) is 0. The van der Waals surface area contributed by atoms with Gasteiger partial charge in [-0.05, 0) is 67.8 Å². The molecule has 0 aliphatic heterocycles. The standard InChI is InChI=1S/C15H14Br2ClNO2/c1-21-15-5-2-9(6-12(15)17)14(8-20)19-10-3-4-13(18)11(16)7-10/h2-7,14,19-20H,8H2,1H3. The number of nitrogens with one attached hydrogen (secondary N) is 1. The number of aliphatic hydroxyl groups excluding tert-OH is 1. The third-order valence-electron chi connectivity index (χ3n) is 3.02. The van der Waals surface area contributed by atoms with E-state index >= 15 is 0 Å². The van der Waals surface area contributed by atoms with Crippen molar-refractivity contribution in [1.82, 2.24) is 0 Å². The van der Waals surface area contributed by atoms with Gasteiger partial charge in [0.25, 0.3) is 0 Å². The molecule has 0 amide bonds. The molecular formula is C15H14Br2ClNO2. The van der Waals surface area contributed by atoms with Gasteiger partial charge < -0.3 is 15.2 Å². The fraction of sp³-hybridized carbons (Fsp3) is 0.200. The number of anilines is 1. The number of hydrogen-bond donors (Lipinski definition) is 2. The van der Waals surface area contributed by atoms with Crippen molar-refractivity contribution in [1.29, 1.82) is 0 Å². The van der Waals surface area contributed by atoms with Gasteiger partial charge in [0, 0.05) is 10.2 Å². The minimum absolute atomic E-state index is 0.0288. The Balaban J connectivity index is 2.23. The van der Waals surface area contributed by atoms with E-state index in [4.69, 9.17) is 16.3 Å². The van der Waals surface area contributed by atoms with Crippen molar-refractivity contribution >= 4 is 49.1 Å². The molecule has 1 unspecified atom stereocenters. The van der Waals surface area contributed by atoms with Crippen LogP contribution in [0.3, 0.4) is 0 Å². The second kappa shape index (κ2) is 7.49. The number of ether oxygens (including phenoxy) is 1. The Labute approximate surface area is 145 Å². The fourth-order valence-corrected chi connectivity index (χ4v) is 2.98. The fourth-order valence-electron chi connectivity index (χ4n) is 1.92. The number of aliphatic hydroxyl groups is 1. The highest BCUT2D eigenvalue weighted by molar-refractivity contribution is 9.10. The molecule has 0 aliphatic carbocycles. The van der Waals surface area contributed by atoms with Crippen LogP contribution in [0.2, 0.25) is 5.02 Å². The van der Waals surface area contributed by atoms with Crippen molar-refractivity contribution in [2.75, 3.05) is 19.0 Å². The molecule has 0 aromatic heterocycles. The Kier molecular flexibility index (Phi) is 5.93. The third-order valence-corrected chi connectivity index (χ3v) is 4.85. The van der Waals surface area contributed by atoms with Crippen LogP contribution in [0.25, 0.3) is 0 Å². The van der Waals surface area contributed by atoms with Crippen LogP contribution in [-0.2, 0) is 0 Å². The molecule has 0 heterocycles. The Bertz CT molecular complexity index is 637. The van der Waals surface area contributed by atoms with E-state index in [0.29, 0.717) is 5.02 Å². The van der Waals surface area contributed by atoms with Crippen molar-refractivity contribution < 1.29 is 9.84 Å². The molecule has 2 rings (SSSR count). The summed E-state index contributed by atoms with van der Waals surface area (Å²) >= 11 is 12.8. The van der Waals surface area contributed by atoms with Crippen molar-refractivity contribution in [2.24, 2.45) is 0 Å². The Hall–Kier alpha value is -0.750. The van der Waals surface area contributed by atoms with Crippen molar-refractivity contribution in [3.8, 4) is 5.75 Å². The zero-order chi connectivity index (χ0) is 15.4. The number of hydrogen-bond acceptors (Lipinski definition) is 3. The molecule has 3 nitrogen and oxygen atoms in total. The Morgan fingerprint density at radius 1 is 1.19 bits per heavy atom. The monoisotopic (exact) mass is 433 g/mol. The first-order valence-corrected chi connectivity index (χ1v) is 8.17. The van der Waals surface area contributed by atoms with Crippen molar-refractivity contribution in [3.63, 3.8) is 0 Å². The highest BCUT2D eigenvalue weighted by Gasteiger charge is 2.13. The minimum Gasteiger partial charge on any atom is -0.496 e. The highest BCUT2D eigenvalue weighted by atomic mass is 79.9. The summed E-state index contributed by atoms with van der Waals surface area (Å²) in [6.45, 7) is -0.0288. The van der Waals surface area contributed by atoms with E-state index in [1.54, 1.807) is 13.2 Å². The quantitative estimate of drug-likeness (QED) is 0.693. The van der Waals surface area contributed by atoms with Gasteiger partial charge in [-0.1, -0.05) is 17.7 Å². The highest BCUT2D eigenvalue weighted by Crippen LogP contribution is 2.31. The van der Waals surface area contributed by atoms with E-state index in [1.165, 1.54) is 0 Å². The molecule has 0 fully saturated rings. The molecule has 112 valence electrons. The maximum Gasteiger partial charge on any atom is 0.133 e. The number of halogens is 3. The Morgan fingerprint density at radius 2 is 1.95 bits per heavy atom. The first-order valence-electron chi connectivity index (χ1n) is 6.21. The van der Waals surface area contributed by atoms with Gasteiger partial charge in [0.1, 0.15) is 5.75 Å². The second-order valence-corrected chi connectivity index (χ2v) is 6.52. The summed E-state index contributed by atoms with van der Waals surface area (Å²) in [6, 6.07) is 11.0. The molecule has 0 aliphatic rings. The molecular weight excluding hydrogens is 421 g/mol. The van der Waals surface area contributed by atoms with Gasteiger partial charge in [-0.2, -0.15) is 0 Å². The molecule has 0 bridgehead atoms. The van der Waals surface area contributed by atoms with Crippen LogP contribution in [0.5, 0.6) is 5.75 Å². The lowest BCUT2D eigenvalue weighted by Gasteiger charge is -2.19. The zero-order valence-corrected chi connectivity index (χ0v) is 15.2. The Morgan fingerprint density at radius 3 is 2.52 bits per heavy atom. The van der Waals surface area contributed by atoms with E-state index < -0.39 is 0 Å². The van der Waals surface area contributed by atoms with Crippen LogP contribution in [0.15, 0.2) is 45.3 Å². The second-order valence-electron chi connectivity index (χ2n) is 4.40. The van der Waals surface area contributed by atoms with Gasteiger partial charge in [0.15, 0.2) is 0 Å². The molecule has 1 atom stereocenters. The molecule has 0 saturated carbocycles. The number of benzene rings is 2. The predicted molar refractivity (Wildman–Crippen MR) is 93.3 cm³/mol. The van der Waals surface area contributed by atoms with E-state index in [-0.39, 0.29) is 12.6 Å². The van der Waals surface area contributed by atoms with Gasteiger partial charge >= 0.3 is 0 Å². The molecule has 2 N–H and O–H groups in total. The lowest BCUT2D eigenvalue weighted by atomic mass is 10.1. The molecule has 0 radical (unpaired) electrons. The number of rotatable bonds is 5. The SMILES string of the molecule is COc1ccc(C(CO)Nc2ccc(Cl)c(Br)c2)cc1Br. The normalized spacial score (nSPS) is 12.0. The third kappa shape index (κ3) is 4.13. The largest absolute Gasteiger partial charge is 0.496 e. The first-order chi connectivity index (χ1) is 10.0. The summed E-state index contributed by atoms with van der Waals surface area (Å²) < 4.78 is 6.86. The number of methoxy groups -OCH3 is 1. The van der Waals surface area contributed by atoms with Gasteiger partial charge in [-0.3, -0.25) is 0 Å². The average molecular weight is 436 g/mol. The van der Waals surface area contributed by atoms with Crippen LogP contribution in [0.1, 0.15) is 11.6 Å². The summed E-state index contributed by atoms with van der Waals surface area (Å²) in [5.74, 6) is 0.754. The molecule has 2 aromatic rings. The van der Waals surface area contributed by atoms with E-state index in [2.05, 4.69) is 37.2 Å². The van der Waals surface area contributed by atoms with E-state index in [1.807, 2.05) is 30.3 Å². The smallest absolute Gasteiger partial charge is 0.133 e. The van der Waals surface area contributed by atoms with Gasteiger partial charge in [0.05, 0.1) is 29.3 Å². The average Bonchev–Trinajstić information content (AvgIpc) is 2.48. The first kappa shape index (κ1) is 16.6. The summed E-state index contributed by atoms with van der Waals surface area (Å²) in [6.07, 6.45) is 0. The lowest BCUT2D eigenvalue weighted by molar-refractivity contribution is 0.276. The van der Waals surface area contributed by atoms with Crippen LogP contribution in [-0.4, -0.2) is 18.8 Å². The topological polar surface area (TPSA) is 41.5 Å². The lowest BCUT2D eigenvalue weighted by Crippen LogP contribution is -2.14. The van der Waals surface area contributed by atoms with Crippen LogP contribution >= 0.6 is 43.5 Å². The van der Waals surface area contributed by atoms with Crippen LogP contribution in [0.4, 0.5) is 5.69 Å².